The Labute approximate surface area is 97.3 Å². The van der Waals surface area contributed by atoms with E-state index in [1.165, 1.54) is 0 Å². The van der Waals surface area contributed by atoms with Crippen molar-refractivity contribution >= 4 is 5.91 Å². The average molecular weight is 226 g/mol. The number of ether oxygens (including phenoxy) is 1. The summed E-state index contributed by atoms with van der Waals surface area (Å²) >= 11 is 0. The molecule has 0 aromatic rings. The van der Waals surface area contributed by atoms with Gasteiger partial charge in [0.25, 0.3) is 0 Å². The van der Waals surface area contributed by atoms with E-state index in [4.69, 9.17) is 4.74 Å². The highest BCUT2D eigenvalue weighted by Gasteiger charge is 2.36. The second kappa shape index (κ2) is 4.34. The molecule has 0 spiro atoms. The van der Waals surface area contributed by atoms with Gasteiger partial charge in [-0.1, -0.05) is 0 Å². The first kappa shape index (κ1) is 11.9. The summed E-state index contributed by atoms with van der Waals surface area (Å²) in [5.74, 6) is 0.251. The predicted molar refractivity (Wildman–Crippen MR) is 62.2 cm³/mol. The van der Waals surface area contributed by atoms with Gasteiger partial charge in [-0.15, -0.1) is 0 Å². The predicted octanol–water partition coefficient (Wildman–Crippen LogP) is 0.764. The molecule has 16 heavy (non-hydrogen) atoms. The molecule has 2 unspecified atom stereocenters. The summed E-state index contributed by atoms with van der Waals surface area (Å²) in [5.41, 5.74) is -0.216. The van der Waals surface area contributed by atoms with E-state index in [2.05, 4.69) is 5.32 Å². The number of hydrogen-bond acceptors (Lipinski definition) is 3. The fourth-order valence-corrected chi connectivity index (χ4v) is 2.74. The van der Waals surface area contributed by atoms with Crippen molar-refractivity contribution in [1.82, 2.24) is 10.2 Å². The Bertz CT molecular complexity index is 272. The molecule has 0 saturated carbocycles. The van der Waals surface area contributed by atoms with Crippen molar-refractivity contribution in [3.63, 3.8) is 0 Å². The van der Waals surface area contributed by atoms with E-state index in [0.29, 0.717) is 6.54 Å². The number of morpholine rings is 1. The Morgan fingerprint density at radius 1 is 1.50 bits per heavy atom. The van der Waals surface area contributed by atoms with E-state index in [-0.39, 0.29) is 23.7 Å². The third kappa shape index (κ3) is 2.55. The zero-order valence-corrected chi connectivity index (χ0v) is 10.5. The molecule has 1 amide bonds. The van der Waals surface area contributed by atoms with Crippen molar-refractivity contribution in [2.45, 2.75) is 51.4 Å². The minimum absolute atomic E-state index is 0.0427. The quantitative estimate of drug-likeness (QED) is 0.718. The zero-order chi connectivity index (χ0) is 11.8. The van der Waals surface area contributed by atoms with E-state index in [1.807, 2.05) is 25.7 Å². The molecule has 0 aliphatic carbocycles. The molecule has 0 aromatic heterocycles. The van der Waals surface area contributed by atoms with Crippen molar-refractivity contribution < 1.29 is 9.53 Å². The summed E-state index contributed by atoms with van der Waals surface area (Å²) in [6, 6.07) is 0.0427. The summed E-state index contributed by atoms with van der Waals surface area (Å²) < 4.78 is 5.80. The lowest BCUT2D eigenvalue weighted by Crippen LogP contribution is -2.57. The highest BCUT2D eigenvalue weighted by Crippen LogP contribution is 2.22. The molecule has 2 saturated heterocycles. The van der Waals surface area contributed by atoms with Gasteiger partial charge in [0.2, 0.25) is 5.91 Å². The Morgan fingerprint density at radius 3 is 2.81 bits per heavy atom. The maximum absolute atomic E-state index is 12.2. The highest BCUT2D eigenvalue weighted by molar-refractivity contribution is 5.82. The lowest BCUT2D eigenvalue weighted by Gasteiger charge is -2.42. The standard InChI is InChI=1S/C12H22N2O2/c1-9-7-14(8-12(2,3)16-9)11(15)10-5-4-6-13-10/h9-10,13H,4-8H2,1-3H3. The normalized spacial score (nSPS) is 34.1. The molecule has 4 nitrogen and oxygen atoms in total. The maximum Gasteiger partial charge on any atom is 0.239 e. The lowest BCUT2D eigenvalue weighted by molar-refractivity contribution is -0.159. The summed E-state index contributed by atoms with van der Waals surface area (Å²) in [6.45, 7) is 8.52. The van der Waals surface area contributed by atoms with Crippen LogP contribution in [0.5, 0.6) is 0 Å². The van der Waals surface area contributed by atoms with Gasteiger partial charge >= 0.3 is 0 Å². The van der Waals surface area contributed by atoms with Crippen LogP contribution in [-0.2, 0) is 9.53 Å². The van der Waals surface area contributed by atoms with E-state index < -0.39 is 0 Å². The zero-order valence-electron chi connectivity index (χ0n) is 10.5. The van der Waals surface area contributed by atoms with Crippen molar-refractivity contribution in [2.75, 3.05) is 19.6 Å². The molecular formula is C12H22N2O2. The number of carbonyl (C=O) groups is 1. The van der Waals surface area contributed by atoms with Crippen LogP contribution in [0.3, 0.4) is 0 Å². The van der Waals surface area contributed by atoms with Gasteiger partial charge in [0.15, 0.2) is 0 Å². The minimum atomic E-state index is -0.216. The van der Waals surface area contributed by atoms with Crippen molar-refractivity contribution in [3.8, 4) is 0 Å². The van der Waals surface area contributed by atoms with Crippen molar-refractivity contribution in [2.24, 2.45) is 0 Å². The fourth-order valence-electron chi connectivity index (χ4n) is 2.74. The second-order valence-corrected chi connectivity index (χ2v) is 5.56. The van der Waals surface area contributed by atoms with Gasteiger partial charge < -0.3 is 15.0 Å². The van der Waals surface area contributed by atoms with Gasteiger partial charge in [-0.3, -0.25) is 4.79 Å². The van der Waals surface area contributed by atoms with Crippen molar-refractivity contribution in [1.29, 1.82) is 0 Å². The van der Waals surface area contributed by atoms with E-state index in [9.17, 15) is 4.79 Å². The first-order valence-electron chi connectivity index (χ1n) is 6.18. The number of nitrogens with one attached hydrogen (secondary N) is 1. The second-order valence-electron chi connectivity index (χ2n) is 5.56. The van der Waals surface area contributed by atoms with Crippen LogP contribution in [0.25, 0.3) is 0 Å². The van der Waals surface area contributed by atoms with Crippen LogP contribution in [-0.4, -0.2) is 48.2 Å². The summed E-state index contributed by atoms with van der Waals surface area (Å²) in [5, 5.41) is 3.26. The summed E-state index contributed by atoms with van der Waals surface area (Å²) in [7, 11) is 0. The monoisotopic (exact) mass is 226 g/mol. The molecule has 2 fully saturated rings. The molecular weight excluding hydrogens is 204 g/mol. The Morgan fingerprint density at radius 2 is 2.25 bits per heavy atom. The number of hydrogen-bond donors (Lipinski definition) is 1. The van der Waals surface area contributed by atoms with Gasteiger partial charge in [-0.05, 0) is 40.2 Å². The van der Waals surface area contributed by atoms with E-state index >= 15 is 0 Å². The Balaban J connectivity index is 2.00. The SMILES string of the molecule is CC1CN(C(=O)C2CCCN2)CC(C)(C)O1. The topological polar surface area (TPSA) is 41.6 Å². The number of carbonyl (C=O) groups excluding carboxylic acids is 1. The van der Waals surface area contributed by atoms with Crippen LogP contribution in [0.2, 0.25) is 0 Å². The first-order chi connectivity index (χ1) is 7.48. The van der Waals surface area contributed by atoms with Crippen LogP contribution in [0.15, 0.2) is 0 Å². The molecule has 2 atom stereocenters. The maximum atomic E-state index is 12.2. The summed E-state index contributed by atoms with van der Waals surface area (Å²) in [6.07, 6.45) is 2.22. The first-order valence-corrected chi connectivity index (χ1v) is 6.18. The van der Waals surface area contributed by atoms with Gasteiger partial charge in [0.05, 0.1) is 17.7 Å². The van der Waals surface area contributed by atoms with Crippen LogP contribution in [0.4, 0.5) is 0 Å². The molecule has 0 aromatic carbocycles. The van der Waals surface area contributed by atoms with Gasteiger partial charge in [0, 0.05) is 13.1 Å². The third-order valence-electron chi connectivity index (χ3n) is 3.24. The number of amides is 1. The molecule has 2 aliphatic rings. The highest BCUT2D eigenvalue weighted by atomic mass is 16.5. The largest absolute Gasteiger partial charge is 0.369 e. The average Bonchev–Trinajstić information content (AvgIpc) is 2.65. The number of rotatable bonds is 1. The van der Waals surface area contributed by atoms with Crippen LogP contribution in [0, 0.1) is 0 Å². The van der Waals surface area contributed by atoms with Crippen molar-refractivity contribution in [3.05, 3.63) is 0 Å². The Kier molecular flexibility index (Phi) is 3.22. The van der Waals surface area contributed by atoms with E-state index in [1.54, 1.807) is 0 Å². The van der Waals surface area contributed by atoms with E-state index in [0.717, 1.165) is 25.9 Å². The lowest BCUT2D eigenvalue weighted by atomic mass is 10.0. The van der Waals surface area contributed by atoms with Gasteiger partial charge in [-0.2, -0.15) is 0 Å². The molecule has 2 aliphatic heterocycles. The molecule has 2 heterocycles. The smallest absolute Gasteiger partial charge is 0.239 e. The fraction of sp³-hybridized carbons (Fsp3) is 0.917. The summed E-state index contributed by atoms with van der Waals surface area (Å²) in [4.78, 5) is 14.2. The molecule has 1 N–H and O–H groups in total. The minimum Gasteiger partial charge on any atom is -0.369 e. The Hall–Kier alpha value is -0.610. The van der Waals surface area contributed by atoms with Gasteiger partial charge in [-0.25, -0.2) is 0 Å². The number of nitrogens with zero attached hydrogens (tertiary/aromatic N) is 1. The molecule has 0 radical (unpaired) electrons. The van der Waals surface area contributed by atoms with Crippen LogP contribution < -0.4 is 5.32 Å². The molecule has 2 rings (SSSR count). The van der Waals surface area contributed by atoms with Gasteiger partial charge in [0.1, 0.15) is 0 Å². The molecule has 92 valence electrons. The van der Waals surface area contributed by atoms with Crippen LogP contribution in [0.1, 0.15) is 33.6 Å². The third-order valence-corrected chi connectivity index (χ3v) is 3.24. The molecule has 4 heteroatoms. The molecule has 0 bridgehead atoms. The van der Waals surface area contributed by atoms with Crippen LogP contribution >= 0.6 is 0 Å².